The molecule has 2 aliphatic heterocycles. The Kier molecular flexibility index (Phi) is 6.34. The molecule has 0 aromatic heterocycles. The zero-order valence-electron chi connectivity index (χ0n) is 16.1. The number of amides is 1. The summed E-state index contributed by atoms with van der Waals surface area (Å²) < 4.78 is 27.3. The van der Waals surface area contributed by atoms with E-state index in [2.05, 4.69) is 10.9 Å². The first-order valence-electron chi connectivity index (χ1n) is 9.67. The predicted octanol–water partition coefficient (Wildman–Crippen LogP) is 2.43. The number of sulfonamides is 1. The third-order valence-corrected chi connectivity index (χ3v) is 8.33. The summed E-state index contributed by atoms with van der Waals surface area (Å²) in [5.74, 6) is -0.0336. The van der Waals surface area contributed by atoms with Gasteiger partial charge in [0.2, 0.25) is 15.9 Å². The van der Waals surface area contributed by atoms with Crippen molar-refractivity contribution in [3.05, 3.63) is 64.1 Å². The Hall–Kier alpha value is -1.68. The number of carbonyl (C=O) groups is 1. The molecule has 2 fully saturated rings. The molecule has 2 aliphatic rings. The van der Waals surface area contributed by atoms with Crippen molar-refractivity contribution in [2.45, 2.75) is 23.4 Å². The molecule has 2 aromatic rings. The number of piperazine rings is 1. The van der Waals surface area contributed by atoms with Crippen LogP contribution < -0.4 is 10.9 Å². The Bertz CT molecular complexity index is 1010. The molecule has 0 radical (unpaired) electrons. The van der Waals surface area contributed by atoms with Crippen LogP contribution in [0.3, 0.4) is 0 Å². The first kappa shape index (κ1) is 21.5. The third kappa shape index (κ3) is 4.21. The maximum Gasteiger partial charge on any atom is 0.246 e. The van der Waals surface area contributed by atoms with Gasteiger partial charge in [-0.3, -0.25) is 4.79 Å². The zero-order chi connectivity index (χ0) is 21.3. The van der Waals surface area contributed by atoms with Gasteiger partial charge in [0.25, 0.3) is 0 Å². The summed E-state index contributed by atoms with van der Waals surface area (Å²) in [5, 5.41) is 0.184. The van der Waals surface area contributed by atoms with Crippen LogP contribution in [0.5, 0.6) is 0 Å². The maximum atomic E-state index is 13.0. The number of halogens is 2. The van der Waals surface area contributed by atoms with Crippen LogP contribution in [-0.2, 0) is 14.8 Å². The second-order valence-corrected chi connectivity index (χ2v) is 10.0. The van der Waals surface area contributed by atoms with Crippen molar-refractivity contribution in [3.63, 3.8) is 0 Å². The average Bonchev–Trinajstić information content (AvgIpc) is 3.24. The summed E-state index contributed by atoms with van der Waals surface area (Å²) in [6.07, 6.45) is 0.636. The van der Waals surface area contributed by atoms with Crippen molar-refractivity contribution >= 4 is 39.1 Å². The van der Waals surface area contributed by atoms with E-state index in [1.54, 1.807) is 11.0 Å². The van der Waals surface area contributed by atoms with Gasteiger partial charge < -0.3 is 4.90 Å². The van der Waals surface area contributed by atoms with Crippen LogP contribution in [0.15, 0.2) is 53.4 Å². The van der Waals surface area contributed by atoms with Gasteiger partial charge in [-0.05, 0) is 24.1 Å². The molecule has 2 heterocycles. The molecule has 10 heteroatoms. The van der Waals surface area contributed by atoms with Crippen LogP contribution in [-0.4, -0.2) is 55.8 Å². The smallest absolute Gasteiger partial charge is 0.246 e. The van der Waals surface area contributed by atoms with Gasteiger partial charge in [0.05, 0.1) is 10.0 Å². The Balaban J connectivity index is 1.38. The van der Waals surface area contributed by atoms with Gasteiger partial charge in [-0.2, -0.15) is 4.31 Å². The standard InChI is InChI=1S/C20H22Cl2N4O3S/c21-15-7-4-8-16(22)19(15)30(28,29)26-11-9-25(10-12-26)20(27)18-13-17(23-24-18)14-5-2-1-3-6-14/h1-8,17-18,23-24H,9-13H2. The second kappa shape index (κ2) is 8.82. The fourth-order valence-electron chi connectivity index (χ4n) is 3.85. The number of carbonyl (C=O) groups excluding carboxylic acids is 1. The van der Waals surface area contributed by atoms with Gasteiger partial charge in [-0.25, -0.2) is 19.3 Å². The van der Waals surface area contributed by atoms with E-state index in [-0.39, 0.29) is 46.0 Å². The van der Waals surface area contributed by atoms with Crippen LogP contribution in [0, 0.1) is 0 Å². The largest absolute Gasteiger partial charge is 0.339 e. The maximum absolute atomic E-state index is 13.0. The van der Waals surface area contributed by atoms with E-state index in [9.17, 15) is 13.2 Å². The van der Waals surface area contributed by atoms with Crippen molar-refractivity contribution < 1.29 is 13.2 Å². The Morgan fingerprint density at radius 3 is 2.17 bits per heavy atom. The fraction of sp³-hybridized carbons (Fsp3) is 0.350. The molecule has 0 spiro atoms. The molecule has 0 bridgehead atoms. The van der Waals surface area contributed by atoms with Crippen molar-refractivity contribution in [1.29, 1.82) is 0 Å². The molecule has 30 heavy (non-hydrogen) atoms. The first-order chi connectivity index (χ1) is 14.4. The summed E-state index contributed by atoms with van der Waals surface area (Å²) >= 11 is 12.2. The minimum Gasteiger partial charge on any atom is -0.339 e. The Morgan fingerprint density at radius 1 is 0.900 bits per heavy atom. The van der Waals surface area contributed by atoms with E-state index in [1.807, 2.05) is 30.3 Å². The lowest BCUT2D eigenvalue weighted by atomic mass is 10.0. The number of nitrogens with one attached hydrogen (secondary N) is 2. The van der Waals surface area contributed by atoms with Crippen molar-refractivity contribution in [2.75, 3.05) is 26.2 Å². The van der Waals surface area contributed by atoms with Gasteiger partial charge in [0, 0.05) is 32.2 Å². The number of hydrogen-bond acceptors (Lipinski definition) is 5. The van der Waals surface area contributed by atoms with E-state index in [0.717, 1.165) is 5.56 Å². The molecule has 2 unspecified atom stereocenters. The monoisotopic (exact) mass is 468 g/mol. The highest BCUT2D eigenvalue weighted by atomic mass is 35.5. The number of rotatable bonds is 4. The van der Waals surface area contributed by atoms with Crippen molar-refractivity contribution in [3.8, 4) is 0 Å². The van der Waals surface area contributed by atoms with E-state index in [1.165, 1.54) is 16.4 Å². The summed E-state index contributed by atoms with van der Waals surface area (Å²) in [6, 6.07) is 14.3. The molecule has 0 aliphatic carbocycles. The molecule has 4 rings (SSSR count). The zero-order valence-corrected chi connectivity index (χ0v) is 18.4. The van der Waals surface area contributed by atoms with Crippen LogP contribution in [0.2, 0.25) is 10.0 Å². The molecule has 2 N–H and O–H groups in total. The lowest BCUT2D eigenvalue weighted by Crippen LogP contribution is -2.54. The third-order valence-electron chi connectivity index (χ3n) is 5.47. The van der Waals surface area contributed by atoms with E-state index in [0.29, 0.717) is 19.5 Å². The lowest BCUT2D eigenvalue weighted by Gasteiger charge is -2.35. The lowest BCUT2D eigenvalue weighted by molar-refractivity contribution is -0.134. The van der Waals surface area contributed by atoms with Gasteiger partial charge >= 0.3 is 0 Å². The molecule has 0 saturated carbocycles. The summed E-state index contributed by atoms with van der Waals surface area (Å²) in [7, 11) is -3.83. The quantitative estimate of drug-likeness (QED) is 0.719. The number of benzene rings is 2. The number of hydrazine groups is 1. The highest BCUT2D eigenvalue weighted by Crippen LogP contribution is 2.32. The first-order valence-corrected chi connectivity index (χ1v) is 11.9. The molecule has 2 aromatic carbocycles. The topological polar surface area (TPSA) is 81.8 Å². The summed E-state index contributed by atoms with van der Waals surface area (Å²) in [5.41, 5.74) is 7.37. The molecule has 160 valence electrons. The Morgan fingerprint density at radius 2 is 1.53 bits per heavy atom. The molecule has 2 saturated heterocycles. The van der Waals surface area contributed by atoms with Gasteiger partial charge in [0.15, 0.2) is 0 Å². The molecule has 1 amide bonds. The average molecular weight is 469 g/mol. The second-order valence-electron chi connectivity index (χ2n) is 7.32. The van der Waals surface area contributed by atoms with Crippen LogP contribution >= 0.6 is 23.2 Å². The normalized spacial score (nSPS) is 22.9. The van der Waals surface area contributed by atoms with Crippen molar-refractivity contribution in [2.24, 2.45) is 0 Å². The van der Waals surface area contributed by atoms with Gasteiger partial charge in [-0.1, -0.05) is 59.6 Å². The van der Waals surface area contributed by atoms with Crippen LogP contribution in [0.25, 0.3) is 0 Å². The molecular weight excluding hydrogens is 447 g/mol. The number of hydrogen-bond donors (Lipinski definition) is 2. The van der Waals surface area contributed by atoms with Crippen LogP contribution in [0.1, 0.15) is 18.0 Å². The van der Waals surface area contributed by atoms with E-state index < -0.39 is 10.0 Å². The molecule has 7 nitrogen and oxygen atoms in total. The highest BCUT2D eigenvalue weighted by Gasteiger charge is 2.37. The van der Waals surface area contributed by atoms with E-state index in [4.69, 9.17) is 23.2 Å². The van der Waals surface area contributed by atoms with Crippen molar-refractivity contribution in [1.82, 2.24) is 20.1 Å². The summed E-state index contributed by atoms with van der Waals surface area (Å²) in [4.78, 5) is 14.5. The van der Waals surface area contributed by atoms with Gasteiger partial charge in [0.1, 0.15) is 10.9 Å². The minimum atomic E-state index is -3.83. The van der Waals surface area contributed by atoms with Gasteiger partial charge in [-0.15, -0.1) is 0 Å². The highest BCUT2D eigenvalue weighted by molar-refractivity contribution is 7.89. The Labute approximate surface area is 186 Å². The molecule has 2 atom stereocenters. The summed E-state index contributed by atoms with van der Waals surface area (Å²) in [6.45, 7) is 1.01. The molecular formula is C20H22Cl2N4O3S. The predicted molar refractivity (Wildman–Crippen MR) is 116 cm³/mol. The van der Waals surface area contributed by atoms with E-state index >= 15 is 0 Å². The fourth-order valence-corrected chi connectivity index (χ4v) is 6.36. The number of nitrogens with zero attached hydrogens (tertiary/aromatic N) is 2. The SMILES string of the molecule is O=C(C1CC(c2ccccc2)NN1)N1CCN(S(=O)(=O)c2c(Cl)cccc2Cl)CC1. The van der Waals surface area contributed by atoms with Crippen LogP contribution in [0.4, 0.5) is 0 Å². The minimum absolute atomic E-state index is 0.0336.